The van der Waals surface area contributed by atoms with Crippen molar-refractivity contribution >= 4 is 16.8 Å². The van der Waals surface area contributed by atoms with Gasteiger partial charge in [0.1, 0.15) is 0 Å². The highest BCUT2D eigenvalue weighted by Gasteiger charge is 2.07. The third kappa shape index (κ3) is 4.05. The van der Waals surface area contributed by atoms with Crippen LogP contribution in [0, 0.1) is 5.92 Å². The van der Waals surface area contributed by atoms with Gasteiger partial charge in [-0.05, 0) is 30.4 Å². The van der Waals surface area contributed by atoms with Crippen LogP contribution in [0.2, 0.25) is 0 Å². The first-order valence-electron chi connectivity index (χ1n) is 7.26. The van der Waals surface area contributed by atoms with E-state index in [-0.39, 0.29) is 5.91 Å². The first-order chi connectivity index (χ1) is 9.66. The standard InChI is InChI=1S/C17H22N2O/c1-13(2)6-4-10-18-16(20)12-15-8-3-7-14-9-5-11-19-17(14)15/h3,5,7-9,11,13H,4,6,10,12H2,1-2H3,(H,18,20). The zero-order chi connectivity index (χ0) is 14.4. The summed E-state index contributed by atoms with van der Waals surface area (Å²) in [4.78, 5) is 16.3. The van der Waals surface area contributed by atoms with E-state index in [4.69, 9.17) is 0 Å². The Morgan fingerprint density at radius 2 is 2.05 bits per heavy atom. The zero-order valence-corrected chi connectivity index (χ0v) is 12.2. The molecule has 2 rings (SSSR count). The second-order valence-corrected chi connectivity index (χ2v) is 5.56. The molecule has 106 valence electrons. The van der Waals surface area contributed by atoms with Crippen molar-refractivity contribution in [2.75, 3.05) is 6.54 Å². The maximum atomic E-state index is 12.0. The minimum atomic E-state index is 0.0758. The zero-order valence-electron chi connectivity index (χ0n) is 12.2. The molecule has 0 aliphatic carbocycles. The van der Waals surface area contributed by atoms with Gasteiger partial charge in [0.2, 0.25) is 5.91 Å². The minimum absolute atomic E-state index is 0.0758. The number of benzene rings is 1. The second kappa shape index (κ2) is 7.04. The molecule has 1 aromatic heterocycles. The molecular weight excluding hydrogens is 248 g/mol. The number of carbonyl (C=O) groups is 1. The lowest BCUT2D eigenvalue weighted by atomic mass is 10.1. The molecule has 0 aliphatic heterocycles. The van der Waals surface area contributed by atoms with Gasteiger partial charge in [-0.3, -0.25) is 9.78 Å². The summed E-state index contributed by atoms with van der Waals surface area (Å²) in [5, 5.41) is 4.07. The Balaban J connectivity index is 1.93. The highest BCUT2D eigenvalue weighted by Crippen LogP contribution is 2.16. The van der Waals surface area contributed by atoms with Crippen LogP contribution in [0.5, 0.6) is 0 Å². The molecule has 1 amide bonds. The molecule has 0 atom stereocenters. The number of rotatable bonds is 6. The van der Waals surface area contributed by atoms with Crippen molar-refractivity contribution in [1.82, 2.24) is 10.3 Å². The van der Waals surface area contributed by atoms with E-state index in [2.05, 4.69) is 24.1 Å². The van der Waals surface area contributed by atoms with E-state index in [1.807, 2.05) is 30.3 Å². The molecule has 0 bridgehead atoms. The van der Waals surface area contributed by atoms with Gasteiger partial charge in [-0.25, -0.2) is 0 Å². The molecule has 3 heteroatoms. The number of nitrogens with one attached hydrogen (secondary N) is 1. The van der Waals surface area contributed by atoms with Gasteiger partial charge >= 0.3 is 0 Å². The fourth-order valence-corrected chi connectivity index (χ4v) is 2.28. The van der Waals surface area contributed by atoms with Crippen LogP contribution in [-0.2, 0) is 11.2 Å². The van der Waals surface area contributed by atoms with Crippen molar-refractivity contribution in [3.05, 3.63) is 42.1 Å². The van der Waals surface area contributed by atoms with Gasteiger partial charge in [0.05, 0.1) is 11.9 Å². The number of para-hydroxylation sites is 1. The van der Waals surface area contributed by atoms with Crippen molar-refractivity contribution in [1.29, 1.82) is 0 Å². The number of pyridine rings is 1. The van der Waals surface area contributed by atoms with Crippen LogP contribution < -0.4 is 5.32 Å². The number of amides is 1. The Morgan fingerprint density at radius 3 is 2.85 bits per heavy atom. The van der Waals surface area contributed by atoms with E-state index in [1.165, 1.54) is 0 Å². The molecule has 0 saturated heterocycles. The predicted octanol–water partition coefficient (Wildman–Crippen LogP) is 3.33. The smallest absolute Gasteiger partial charge is 0.224 e. The lowest BCUT2D eigenvalue weighted by Crippen LogP contribution is -2.26. The van der Waals surface area contributed by atoms with Gasteiger partial charge < -0.3 is 5.32 Å². The normalized spacial score (nSPS) is 10.9. The number of aromatic nitrogens is 1. The fraction of sp³-hybridized carbons (Fsp3) is 0.412. The van der Waals surface area contributed by atoms with Crippen LogP contribution in [0.4, 0.5) is 0 Å². The Morgan fingerprint density at radius 1 is 1.25 bits per heavy atom. The van der Waals surface area contributed by atoms with Crippen LogP contribution in [0.1, 0.15) is 32.3 Å². The van der Waals surface area contributed by atoms with E-state index in [0.29, 0.717) is 12.3 Å². The van der Waals surface area contributed by atoms with E-state index in [1.54, 1.807) is 6.20 Å². The summed E-state index contributed by atoms with van der Waals surface area (Å²) in [5.41, 5.74) is 1.91. The van der Waals surface area contributed by atoms with Crippen molar-refractivity contribution in [2.45, 2.75) is 33.1 Å². The van der Waals surface area contributed by atoms with Crippen molar-refractivity contribution in [3.8, 4) is 0 Å². The molecular formula is C17H22N2O. The highest BCUT2D eigenvalue weighted by atomic mass is 16.1. The Labute approximate surface area is 120 Å². The lowest BCUT2D eigenvalue weighted by molar-refractivity contribution is -0.120. The molecule has 1 N–H and O–H groups in total. The summed E-state index contributed by atoms with van der Waals surface area (Å²) >= 11 is 0. The SMILES string of the molecule is CC(C)CCCNC(=O)Cc1cccc2cccnc12. The maximum Gasteiger partial charge on any atom is 0.224 e. The van der Waals surface area contributed by atoms with E-state index >= 15 is 0 Å². The van der Waals surface area contributed by atoms with E-state index in [0.717, 1.165) is 35.9 Å². The van der Waals surface area contributed by atoms with E-state index in [9.17, 15) is 4.79 Å². The molecule has 0 unspecified atom stereocenters. The lowest BCUT2D eigenvalue weighted by Gasteiger charge is -2.08. The average Bonchev–Trinajstić information content (AvgIpc) is 2.44. The van der Waals surface area contributed by atoms with Crippen molar-refractivity contribution in [3.63, 3.8) is 0 Å². The molecule has 20 heavy (non-hydrogen) atoms. The van der Waals surface area contributed by atoms with Crippen molar-refractivity contribution in [2.24, 2.45) is 5.92 Å². The van der Waals surface area contributed by atoms with Crippen molar-refractivity contribution < 1.29 is 4.79 Å². The van der Waals surface area contributed by atoms with Crippen LogP contribution in [-0.4, -0.2) is 17.4 Å². The molecule has 0 spiro atoms. The highest BCUT2D eigenvalue weighted by molar-refractivity contribution is 5.87. The van der Waals surface area contributed by atoms with Crippen LogP contribution in [0.3, 0.4) is 0 Å². The first kappa shape index (κ1) is 14.5. The average molecular weight is 270 g/mol. The predicted molar refractivity (Wildman–Crippen MR) is 82.5 cm³/mol. The molecule has 0 radical (unpaired) electrons. The quantitative estimate of drug-likeness (QED) is 0.818. The fourth-order valence-electron chi connectivity index (χ4n) is 2.28. The van der Waals surface area contributed by atoms with Gasteiger partial charge in [-0.15, -0.1) is 0 Å². The van der Waals surface area contributed by atoms with Crippen LogP contribution in [0.15, 0.2) is 36.5 Å². The monoisotopic (exact) mass is 270 g/mol. The summed E-state index contributed by atoms with van der Waals surface area (Å²) in [6.45, 7) is 5.16. The maximum absolute atomic E-state index is 12.0. The van der Waals surface area contributed by atoms with E-state index < -0.39 is 0 Å². The molecule has 0 fully saturated rings. The topological polar surface area (TPSA) is 42.0 Å². The molecule has 2 aromatic rings. The Bertz CT molecular complexity index is 573. The van der Waals surface area contributed by atoms with Gasteiger partial charge in [0.15, 0.2) is 0 Å². The first-order valence-corrected chi connectivity index (χ1v) is 7.26. The summed E-state index contributed by atoms with van der Waals surface area (Å²) in [7, 11) is 0. The van der Waals surface area contributed by atoms with Gasteiger partial charge in [0, 0.05) is 18.1 Å². The van der Waals surface area contributed by atoms with Gasteiger partial charge in [0.25, 0.3) is 0 Å². The molecule has 1 aromatic carbocycles. The summed E-state index contributed by atoms with van der Waals surface area (Å²) in [6.07, 6.45) is 4.36. The van der Waals surface area contributed by atoms with Gasteiger partial charge in [-0.1, -0.05) is 38.1 Å². The van der Waals surface area contributed by atoms with Crippen LogP contribution in [0.25, 0.3) is 10.9 Å². The molecule has 3 nitrogen and oxygen atoms in total. The summed E-state index contributed by atoms with van der Waals surface area (Å²) < 4.78 is 0. The number of carbonyl (C=O) groups excluding carboxylic acids is 1. The molecule has 0 aliphatic rings. The minimum Gasteiger partial charge on any atom is -0.356 e. The van der Waals surface area contributed by atoms with Crippen LogP contribution >= 0.6 is 0 Å². The second-order valence-electron chi connectivity index (χ2n) is 5.56. The summed E-state index contributed by atoms with van der Waals surface area (Å²) in [6, 6.07) is 9.91. The number of fused-ring (bicyclic) bond motifs is 1. The van der Waals surface area contributed by atoms with Gasteiger partial charge in [-0.2, -0.15) is 0 Å². The Hall–Kier alpha value is -1.90. The summed E-state index contributed by atoms with van der Waals surface area (Å²) in [5.74, 6) is 0.765. The third-order valence-corrected chi connectivity index (χ3v) is 3.35. The Kier molecular flexibility index (Phi) is 5.10. The third-order valence-electron chi connectivity index (χ3n) is 3.35. The molecule has 1 heterocycles. The number of nitrogens with zero attached hydrogens (tertiary/aromatic N) is 1. The molecule has 0 saturated carbocycles. The largest absolute Gasteiger partial charge is 0.356 e. The number of hydrogen-bond donors (Lipinski definition) is 1. The number of hydrogen-bond acceptors (Lipinski definition) is 2.